The maximum atomic E-state index is 15.8. The molecule has 16 aromatic rings. The van der Waals surface area contributed by atoms with Crippen LogP contribution in [-0.2, 0) is 38.5 Å². The van der Waals surface area contributed by atoms with Crippen LogP contribution in [0, 0.1) is 0 Å². The molecule has 22 rings (SSSR count). The fraction of sp³-hybridized carbons (Fsp3) is 0.227. The minimum Gasteiger partial charge on any atom is -0.354 e. The highest BCUT2D eigenvalue weighted by Crippen LogP contribution is 2.47. The molecule has 146 heavy (non-hydrogen) atoms. The Bertz CT molecular complexity index is 8160. The lowest BCUT2D eigenvalue weighted by molar-refractivity contribution is 0.0888. The van der Waals surface area contributed by atoms with E-state index in [1.807, 2.05) is 48.5 Å². The molecule has 14 heteroatoms. The Morgan fingerprint density at radius 1 is 0.205 bits per heavy atom. The first-order chi connectivity index (χ1) is 71.8. The molecule has 4 amide bonds. The lowest BCUT2D eigenvalue weighted by atomic mass is 9.88. The molecule has 12 heterocycles. The molecule has 0 radical (unpaired) electrons. The normalized spacial score (nSPS) is 13.0. The summed E-state index contributed by atoms with van der Waals surface area (Å²) in [5.41, 5.74) is 37.2. The van der Waals surface area contributed by atoms with Gasteiger partial charge in [-0.3, -0.25) is 19.2 Å². The van der Waals surface area contributed by atoms with Gasteiger partial charge in [0, 0.05) is 105 Å². The SMILES string of the molecule is CCCCCc1ccc(-c2c3nc(c(-c4ccc(CCCCC)cc4)c4ccc([nH]4)c(-c4ccc(N5C(=O)c6cc7c8c(cccc8c6C5=O)C(=O)N(c5ccc(-c6c8nc(c(-c9ccc(CCCCC)cc9)c9ccc([nH]9)c(-c9ccc(CCCCC)cc9)c9nc(c(-c%10ccc(CCCCC)cc%10)c%10ccc6[nH]%10)C=C9)C=C8)cc5)C7=O)cc4)c4nc(c(-c5ccc(CCCCC)cc5)c5ccc2[nH]5)C=C4)C=C3)cc1. The first kappa shape index (κ1) is 94.8. The summed E-state index contributed by atoms with van der Waals surface area (Å²) in [6, 6.07) is 92.9. The lowest BCUT2D eigenvalue weighted by Crippen LogP contribution is -2.40. The molecule has 6 aliphatic rings. The molecular formula is C132H122N10O4. The van der Waals surface area contributed by atoms with E-state index < -0.39 is 23.6 Å². The number of carbonyl (C=O) groups is 4. The van der Waals surface area contributed by atoms with Crippen molar-refractivity contribution in [1.29, 1.82) is 0 Å². The van der Waals surface area contributed by atoms with E-state index in [1.165, 1.54) is 101 Å². The highest BCUT2D eigenvalue weighted by molar-refractivity contribution is 6.43. The van der Waals surface area contributed by atoms with Crippen molar-refractivity contribution >= 4 is 139 Å². The largest absolute Gasteiger partial charge is 0.354 e. The lowest BCUT2D eigenvalue weighted by Gasteiger charge is -2.28. The summed E-state index contributed by atoms with van der Waals surface area (Å²) in [6.07, 6.45) is 43.8. The average molecular weight is 1910 g/mol. The average Bonchev–Trinajstić information content (AvgIpc) is 1.50. The summed E-state index contributed by atoms with van der Waals surface area (Å²) in [5.74, 6) is -2.36. The first-order valence-electron chi connectivity index (χ1n) is 53.2. The van der Waals surface area contributed by atoms with E-state index in [0.717, 1.165) is 270 Å². The maximum absolute atomic E-state index is 15.8. The number of rotatable bonds is 34. The Morgan fingerprint density at radius 3 is 0.637 bits per heavy atom. The van der Waals surface area contributed by atoms with Crippen LogP contribution in [-0.4, -0.2) is 63.5 Å². The van der Waals surface area contributed by atoms with E-state index in [1.54, 1.807) is 18.2 Å². The number of hydrogen-bond donors (Lipinski definition) is 4. The third-order valence-corrected chi connectivity index (χ3v) is 30.1. The van der Waals surface area contributed by atoms with E-state index in [4.69, 9.17) is 19.9 Å². The highest BCUT2D eigenvalue weighted by Gasteiger charge is 2.44. The van der Waals surface area contributed by atoms with Crippen molar-refractivity contribution in [3.8, 4) is 89.0 Å². The zero-order chi connectivity index (χ0) is 99.4. The minimum absolute atomic E-state index is 0.0602. The Labute approximate surface area is 854 Å². The number of aromatic amines is 4. The molecule has 0 saturated carbocycles. The molecule has 10 aromatic carbocycles. The van der Waals surface area contributed by atoms with Crippen LogP contribution in [0.4, 0.5) is 11.4 Å². The molecule has 14 nitrogen and oxygen atoms in total. The zero-order valence-corrected chi connectivity index (χ0v) is 84.3. The van der Waals surface area contributed by atoms with E-state index in [0.29, 0.717) is 33.5 Å². The van der Waals surface area contributed by atoms with Gasteiger partial charge in [-0.25, -0.2) is 29.7 Å². The van der Waals surface area contributed by atoms with Gasteiger partial charge in [0.15, 0.2) is 0 Å². The number of fused-ring (bicyclic) bond motifs is 18. The van der Waals surface area contributed by atoms with Crippen LogP contribution in [0.2, 0.25) is 0 Å². The van der Waals surface area contributed by atoms with Crippen molar-refractivity contribution in [2.75, 3.05) is 9.80 Å². The smallest absolute Gasteiger partial charge is 0.266 e. The maximum Gasteiger partial charge on any atom is 0.266 e. The molecule has 0 unspecified atom stereocenters. The third-order valence-electron chi connectivity index (χ3n) is 30.1. The van der Waals surface area contributed by atoms with Gasteiger partial charge in [-0.1, -0.05) is 301 Å². The Balaban J connectivity index is 0.637. The summed E-state index contributed by atoms with van der Waals surface area (Å²) < 4.78 is 0. The van der Waals surface area contributed by atoms with Gasteiger partial charge in [0.25, 0.3) is 23.6 Å². The molecule has 6 aliphatic heterocycles. The number of hydrogen-bond acceptors (Lipinski definition) is 8. The molecule has 0 spiro atoms. The number of aromatic nitrogens is 8. The number of anilines is 2. The molecule has 4 N–H and O–H groups in total. The Morgan fingerprint density at radius 2 is 0.411 bits per heavy atom. The van der Waals surface area contributed by atoms with E-state index in [2.05, 4.69) is 304 Å². The summed E-state index contributed by atoms with van der Waals surface area (Å²) in [7, 11) is 0. The topological polar surface area (TPSA) is 189 Å². The number of unbranched alkanes of at least 4 members (excludes halogenated alkanes) is 12. The van der Waals surface area contributed by atoms with Gasteiger partial charge in [-0.05, 0) is 294 Å². The predicted molar refractivity (Wildman–Crippen MR) is 607 cm³/mol. The Hall–Kier alpha value is -16.1. The number of nitrogens with one attached hydrogen (secondary N) is 4. The zero-order valence-electron chi connectivity index (χ0n) is 84.3. The summed E-state index contributed by atoms with van der Waals surface area (Å²) in [6.45, 7) is 13.5. The van der Waals surface area contributed by atoms with Crippen molar-refractivity contribution in [2.24, 2.45) is 0 Å². The fourth-order valence-electron chi connectivity index (χ4n) is 22.3. The molecule has 724 valence electrons. The van der Waals surface area contributed by atoms with E-state index in [9.17, 15) is 0 Å². The first-order valence-corrected chi connectivity index (χ1v) is 53.2. The predicted octanol–water partition coefficient (Wildman–Crippen LogP) is 34.1. The van der Waals surface area contributed by atoms with Crippen LogP contribution < -0.4 is 9.80 Å². The van der Waals surface area contributed by atoms with Crippen LogP contribution in [0.5, 0.6) is 0 Å². The molecule has 0 saturated heterocycles. The van der Waals surface area contributed by atoms with Crippen molar-refractivity contribution in [3.63, 3.8) is 0 Å². The molecule has 0 atom stereocenters. The van der Waals surface area contributed by atoms with E-state index in [-0.39, 0.29) is 22.3 Å². The van der Waals surface area contributed by atoms with Crippen LogP contribution in [0.15, 0.2) is 267 Å². The standard InChI is InChI=1S/C132H122N10O4/c1-7-13-19-26-83-34-46-89(47-35-83)119-103-66-70-107(133-103)121(91-50-38-85(39-51-91)28-21-15-9-3)111-74-78-115(137-111)125(116-79-75-112(138-116)122(108-71-67-104(119)134-108)92-52-40-86(41-53-92)29-22-16-10-4)95-58-62-97(63-59-95)141-129(143)100-33-25-32-99-127(100)101(130(141)144)82-102-128(99)132(146)142(131(102)145)98-64-60-96(61-65-98)126-117-80-76-113(139-117)123(93-54-42-87(43-55-93)30-23-17-11-5)109-72-68-105(135-109)120(90-48-36-84(37-49-90)27-20-14-8-2)106-69-73-110(136-106)124(114-77-81-118(126)140-114)94-56-44-88(45-57-94)31-24-18-12-6/h25,32-82,133,135,138,140H,7-24,26-31H2,1-6H3. The summed E-state index contributed by atoms with van der Waals surface area (Å²) in [4.78, 5) is 104. The number of aryl methyl sites for hydroxylation is 6. The number of H-pyrrole nitrogens is 4. The molecule has 6 aromatic heterocycles. The van der Waals surface area contributed by atoms with Gasteiger partial charge < -0.3 is 19.9 Å². The Kier molecular flexibility index (Phi) is 27.3. The molecule has 0 fully saturated rings. The minimum atomic E-state index is -0.628. The number of carbonyl (C=O) groups excluding carboxylic acids is 4. The van der Waals surface area contributed by atoms with Crippen LogP contribution in [0.1, 0.15) is 277 Å². The van der Waals surface area contributed by atoms with Crippen LogP contribution in [0.25, 0.3) is 193 Å². The van der Waals surface area contributed by atoms with Gasteiger partial charge >= 0.3 is 0 Å². The number of amides is 4. The summed E-state index contributed by atoms with van der Waals surface area (Å²) in [5, 5.41) is 0.652. The van der Waals surface area contributed by atoms with Gasteiger partial charge in [-0.2, -0.15) is 0 Å². The second kappa shape index (κ2) is 42.1. The molecule has 0 aliphatic carbocycles. The number of imide groups is 2. The van der Waals surface area contributed by atoms with Crippen molar-refractivity contribution < 1.29 is 19.2 Å². The monoisotopic (exact) mass is 1910 g/mol. The number of nitrogens with zero attached hydrogens (tertiary/aromatic N) is 6. The van der Waals surface area contributed by atoms with Gasteiger partial charge in [-0.15, -0.1) is 0 Å². The number of benzene rings is 10. The third kappa shape index (κ3) is 18.7. The van der Waals surface area contributed by atoms with Crippen molar-refractivity contribution in [3.05, 3.63) is 368 Å². The van der Waals surface area contributed by atoms with Gasteiger partial charge in [0.2, 0.25) is 0 Å². The van der Waals surface area contributed by atoms with Crippen LogP contribution in [0.3, 0.4) is 0 Å². The van der Waals surface area contributed by atoms with Crippen molar-refractivity contribution in [2.45, 2.75) is 196 Å². The fourth-order valence-corrected chi connectivity index (χ4v) is 22.3. The van der Waals surface area contributed by atoms with E-state index >= 15 is 19.2 Å². The quantitative estimate of drug-likeness (QED) is 0.0226. The van der Waals surface area contributed by atoms with Crippen LogP contribution >= 0.6 is 0 Å². The highest BCUT2D eigenvalue weighted by atomic mass is 16.2. The van der Waals surface area contributed by atoms with Gasteiger partial charge in [0.1, 0.15) is 0 Å². The second-order valence-electron chi connectivity index (χ2n) is 40.0. The second-order valence-corrected chi connectivity index (χ2v) is 40.0. The van der Waals surface area contributed by atoms with Crippen molar-refractivity contribution in [1.82, 2.24) is 39.9 Å². The molecule has 16 bridgehead atoms. The summed E-state index contributed by atoms with van der Waals surface area (Å²) >= 11 is 0. The van der Waals surface area contributed by atoms with Gasteiger partial charge in [0.05, 0.1) is 68.1 Å². The molecular weight excluding hydrogens is 1790 g/mol.